The highest BCUT2D eigenvalue weighted by molar-refractivity contribution is 5.23. The van der Waals surface area contributed by atoms with Crippen molar-refractivity contribution in [1.82, 2.24) is 9.80 Å². The first-order valence-corrected chi connectivity index (χ1v) is 9.58. The van der Waals surface area contributed by atoms with Crippen molar-refractivity contribution in [2.75, 3.05) is 19.6 Å². The summed E-state index contributed by atoms with van der Waals surface area (Å²) in [6.07, 6.45) is 0. The second-order valence-electron chi connectivity index (χ2n) is 7.24. The van der Waals surface area contributed by atoms with Crippen molar-refractivity contribution in [3.8, 4) is 0 Å². The average Bonchev–Trinajstić information content (AvgIpc) is 2.71. The molecule has 27 heavy (non-hydrogen) atoms. The molecule has 0 saturated carbocycles. The predicted molar refractivity (Wildman–Crippen MR) is 108 cm³/mol. The zero-order chi connectivity index (χ0) is 18.5. The third kappa shape index (κ3) is 4.62. The minimum Gasteiger partial charge on any atom is -0.296 e. The van der Waals surface area contributed by atoms with Crippen LogP contribution in [0.5, 0.6) is 0 Å². The molecule has 0 bridgehead atoms. The maximum atomic E-state index is 13.4. The molecule has 2 nitrogen and oxygen atoms in total. The Bertz CT molecular complexity index is 833. The first kappa shape index (κ1) is 17.9. The van der Waals surface area contributed by atoms with Crippen molar-refractivity contribution in [3.05, 3.63) is 107 Å². The Morgan fingerprint density at radius 3 is 1.93 bits per heavy atom. The molecule has 1 saturated heterocycles. The molecule has 4 rings (SSSR count). The van der Waals surface area contributed by atoms with Gasteiger partial charge < -0.3 is 0 Å². The van der Waals surface area contributed by atoms with E-state index in [1.54, 1.807) is 12.1 Å². The van der Waals surface area contributed by atoms with Crippen molar-refractivity contribution >= 4 is 0 Å². The van der Waals surface area contributed by atoms with Gasteiger partial charge in [-0.2, -0.15) is 0 Å². The lowest BCUT2D eigenvalue weighted by molar-refractivity contribution is 0.0635. The molecule has 0 unspecified atom stereocenters. The molecule has 0 spiro atoms. The Morgan fingerprint density at radius 1 is 0.704 bits per heavy atom. The number of rotatable bonds is 5. The summed E-state index contributed by atoms with van der Waals surface area (Å²) in [5, 5.41) is 0. The molecule has 0 aliphatic carbocycles. The van der Waals surface area contributed by atoms with E-state index in [2.05, 4.69) is 70.5 Å². The molecule has 0 N–H and O–H groups in total. The van der Waals surface area contributed by atoms with Gasteiger partial charge in [-0.05, 0) is 28.8 Å². The number of piperazine rings is 1. The lowest BCUT2D eigenvalue weighted by atomic mass is 10.0. The van der Waals surface area contributed by atoms with E-state index in [1.165, 1.54) is 16.7 Å². The quantitative estimate of drug-likeness (QED) is 0.639. The highest BCUT2D eigenvalue weighted by Gasteiger charge is 2.28. The molecular formula is C24H25FN2. The Balaban J connectivity index is 1.53. The minimum absolute atomic E-state index is 0.176. The summed E-state index contributed by atoms with van der Waals surface area (Å²) in [6, 6.07) is 28.5. The molecule has 1 heterocycles. The van der Waals surface area contributed by atoms with Gasteiger partial charge in [-0.25, -0.2) is 4.39 Å². The monoisotopic (exact) mass is 360 g/mol. The molecule has 0 radical (unpaired) electrons. The van der Waals surface area contributed by atoms with Crippen molar-refractivity contribution < 1.29 is 4.39 Å². The molecule has 1 aliphatic rings. The second-order valence-corrected chi connectivity index (χ2v) is 7.24. The molecule has 3 aromatic rings. The molecule has 3 heteroatoms. The van der Waals surface area contributed by atoms with E-state index in [9.17, 15) is 4.39 Å². The molecule has 1 atom stereocenters. The maximum Gasteiger partial charge on any atom is 0.123 e. The summed E-state index contributed by atoms with van der Waals surface area (Å²) in [6.45, 7) is 4.87. The molecular weight excluding hydrogens is 335 g/mol. The van der Waals surface area contributed by atoms with Crippen LogP contribution >= 0.6 is 0 Å². The standard InChI is InChI=1S/C24H25FN2/c25-23-13-11-22(12-14-23)24-19-26(17-20-7-3-1-4-8-20)15-16-27(24)18-21-9-5-2-6-10-21/h1-14,24H,15-19H2/t24-/m1/s1. The minimum atomic E-state index is -0.176. The van der Waals surface area contributed by atoms with E-state index >= 15 is 0 Å². The van der Waals surface area contributed by atoms with Crippen molar-refractivity contribution in [1.29, 1.82) is 0 Å². The first-order chi connectivity index (χ1) is 13.3. The van der Waals surface area contributed by atoms with Gasteiger partial charge in [0.2, 0.25) is 0 Å². The van der Waals surface area contributed by atoms with Crippen LogP contribution < -0.4 is 0 Å². The molecule has 1 aliphatic heterocycles. The van der Waals surface area contributed by atoms with Gasteiger partial charge in [0.05, 0.1) is 0 Å². The van der Waals surface area contributed by atoms with E-state index in [4.69, 9.17) is 0 Å². The molecule has 3 aromatic carbocycles. The third-order valence-electron chi connectivity index (χ3n) is 5.31. The zero-order valence-corrected chi connectivity index (χ0v) is 15.5. The SMILES string of the molecule is Fc1ccc([C@H]2CN(Cc3ccccc3)CCN2Cc2ccccc2)cc1. The van der Waals surface area contributed by atoms with Gasteiger partial charge in [0, 0.05) is 38.8 Å². The van der Waals surface area contributed by atoms with E-state index in [-0.39, 0.29) is 11.9 Å². The smallest absolute Gasteiger partial charge is 0.123 e. The fourth-order valence-electron chi connectivity index (χ4n) is 3.87. The number of hydrogen-bond donors (Lipinski definition) is 0. The largest absolute Gasteiger partial charge is 0.296 e. The number of benzene rings is 3. The van der Waals surface area contributed by atoms with Crippen LogP contribution in [0.25, 0.3) is 0 Å². The van der Waals surface area contributed by atoms with E-state index in [1.807, 2.05) is 12.1 Å². The third-order valence-corrected chi connectivity index (χ3v) is 5.31. The average molecular weight is 360 g/mol. The van der Waals surface area contributed by atoms with E-state index < -0.39 is 0 Å². The summed E-state index contributed by atoms with van der Waals surface area (Å²) < 4.78 is 13.4. The van der Waals surface area contributed by atoms with Crippen LogP contribution in [0.4, 0.5) is 4.39 Å². The summed E-state index contributed by atoms with van der Waals surface area (Å²) in [5.74, 6) is -0.176. The lowest BCUT2D eigenvalue weighted by Crippen LogP contribution is -2.47. The zero-order valence-electron chi connectivity index (χ0n) is 15.5. The van der Waals surface area contributed by atoms with Gasteiger partial charge in [-0.3, -0.25) is 9.80 Å². The number of hydrogen-bond acceptors (Lipinski definition) is 2. The highest BCUT2D eigenvalue weighted by atomic mass is 19.1. The Labute approximate surface area is 160 Å². The molecule has 138 valence electrons. The lowest BCUT2D eigenvalue weighted by Gasteiger charge is -2.42. The topological polar surface area (TPSA) is 6.48 Å². The summed E-state index contributed by atoms with van der Waals surface area (Å²) >= 11 is 0. The van der Waals surface area contributed by atoms with Gasteiger partial charge in [0.1, 0.15) is 5.82 Å². The normalized spacial score (nSPS) is 18.5. The second kappa shape index (κ2) is 8.47. The van der Waals surface area contributed by atoms with Crippen LogP contribution in [0.15, 0.2) is 84.9 Å². The summed E-state index contributed by atoms with van der Waals surface area (Å²) in [7, 11) is 0. The van der Waals surface area contributed by atoms with Gasteiger partial charge in [-0.15, -0.1) is 0 Å². The summed E-state index contributed by atoms with van der Waals surface area (Å²) in [4.78, 5) is 5.02. The van der Waals surface area contributed by atoms with Gasteiger partial charge in [-0.1, -0.05) is 72.8 Å². The first-order valence-electron chi connectivity index (χ1n) is 9.58. The fourth-order valence-corrected chi connectivity index (χ4v) is 3.87. The summed E-state index contributed by atoms with van der Waals surface area (Å²) in [5.41, 5.74) is 3.85. The van der Waals surface area contributed by atoms with Crippen LogP contribution in [0.2, 0.25) is 0 Å². The van der Waals surface area contributed by atoms with Gasteiger partial charge >= 0.3 is 0 Å². The predicted octanol–water partition coefficient (Wildman–Crippen LogP) is 4.88. The van der Waals surface area contributed by atoms with Gasteiger partial charge in [0.25, 0.3) is 0 Å². The Morgan fingerprint density at radius 2 is 1.30 bits per heavy atom. The van der Waals surface area contributed by atoms with Gasteiger partial charge in [0.15, 0.2) is 0 Å². The van der Waals surface area contributed by atoms with Crippen LogP contribution in [0.1, 0.15) is 22.7 Å². The molecule has 1 fully saturated rings. The van der Waals surface area contributed by atoms with Crippen LogP contribution in [0.3, 0.4) is 0 Å². The van der Waals surface area contributed by atoms with Crippen molar-refractivity contribution in [2.24, 2.45) is 0 Å². The highest BCUT2D eigenvalue weighted by Crippen LogP contribution is 2.28. The van der Waals surface area contributed by atoms with Crippen LogP contribution in [-0.4, -0.2) is 29.4 Å². The van der Waals surface area contributed by atoms with E-state index in [0.29, 0.717) is 0 Å². The van der Waals surface area contributed by atoms with Crippen molar-refractivity contribution in [3.63, 3.8) is 0 Å². The van der Waals surface area contributed by atoms with E-state index in [0.717, 1.165) is 32.7 Å². The van der Waals surface area contributed by atoms with Crippen LogP contribution in [-0.2, 0) is 13.1 Å². The Hall–Kier alpha value is -2.49. The fraction of sp³-hybridized carbons (Fsp3) is 0.250. The molecule has 0 amide bonds. The maximum absolute atomic E-state index is 13.4. The van der Waals surface area contributed by atoms with Crippen LogP contribution in [0, 0.1) is 5.82 Å². The molecule has 0 aromatic heterocycles. The Kier molecular flexibility index (Phi) is 5.61. The number of nitrogens with zero attached hydrogens (tertiary/aromatic N) is 2. The van der Waals surface area contributed by atoms with Crippen molar-refractivity contribution in [2.45, 2.75) is 19.1 Å². The number of halogens is 1.